The van der Waals surface area contributed by atoms with E-state index >= 15 is 0 Å². The molecule has 4 heteroatoms. The van der Waals surface area contributed by atoms with Crippen LogP contribution < -0.4 is 11.2 Å². The van der Waals surface area contributed by atoms with Crippen LogP contribution in [0.1, 0.15) is 13.3 Å². The van der Waals surface area contributed by atoms with Gasteiger partial charge < -0.3 is 5.73 Å². The number of hydrogen-bond acceptors (Lipinski definition) is 3. The minimum atomic E-state index is -0.387. The maximum absolute atomic E-state index is 10.9. The molecule has 0 saturated carbocycles. The van der Waals surface area contributed by atoms with E-state index in [0.717, 1.165) is 0 Å². The van der Waals surface area contributed by atoms with Gasteiger partial charge in [-0.2, -0.15) is 0 Å². The minimum absolute atomic E-state index is 0.132. The molecular formula is C6H15N3O. The van der Waals surface area contributed by atoms with Crippen molar-refractivity contribution in [3.05, 3.63) is 0 Å². The van der Waals surface area contributed by atoms with Gasteiger partial charge in [0.05, 0.1) is 6.04 Å². The van der Waals surface area contributed by atoms with Gasteiger partial charge >= 0.3 is 0 Å². The topological polar surface area (TPSA) is 58.4 Å². The Kier molecular flexibility index (Phi) is 3.99. The number of amides is 1. The van der Waals surface area contributed by atoms with Gasteiger partial charge in [-0.15, -0.1) is 0 Å². The Morgan fingerprint density at radius 1 is 1.70 bits per heavy atom. The number of nitrogens with two attached hydrogens (primary N) is 1. The zero-order valence-corrected chi connectivity index (χ0v) is 6.72. The maximum atomic E-state index is 10.9. The van der Waals surface area contributed by atoms with Crippen LogP contribution in [0, 0.1) is 0 Å². The van der Waals surface area contributed by atoms with Gasteiger partial charge in [0.15, 0.2) is 0 Å². The first-order chi connectivity index (χ1) is 4.57. The largest absolute Gasteiger partial charge is 0.320 e. The van der Waals surface area contributed by atoms with Crippen LogP contribution in [0.5, 0.6) is 0 Å². The monoisotopic (exact) mass is 145 g/mol. The standard InChI is InChI=1S/C6H15N3O/c1-4-5(7)6(10)8-9(2)3/h5H,4,7H2,1-3H3,(H,8,10)/t5-/m1/s1. The van der Waals surface area contributed by atoms with Crippen molar-refractivity contribution in [1.82, 2.24) is 10.4 Å². The number of rotatable bonds is 3. The predicted octanol–water partition coefficient (Wildman–Crippen LogP) is -0.683. The molecule has 0 saturated heterocycles. The first-order valence-corrected chi connectivity index (χ1v) is 3.31. The van der Waals surface area contributed by atoms with E-state index in [1.165, 1.54) is 0 Å². The predicted molar refractivity (Wildman–Crippen MR) is 40.1 cm³/mol. The molecule has 0 aromatic carbocycles. The number of carbonyl (C=O) groups is 1. The summed E-state index contributed by atoms with van der Waals surface area (Å²) in [7, 11) is 3.50. The average molecular weight is 145 g/mol. The van der Waals surface area contributed by atoms with Crippen molar-refractivity contribution in [3.63, 3.8) is 0 Å². The zero-order valence-electron chi connectivity index (χ0n) is 6.72. The molecule has 10 heavy (non-hydrogen) atoms. The van der Waals surface area contributed by atoms with E-state index < -0.39 is 0 Å². The van der Waals surface area contributed by atoms with Crippen LogP contribution in [0.2, 0.25) is 0 Å². The number of hydrogen-bond donors (Lipinski definition) is 2. The van der Waals surface area contributed by atoms with Crippen LogP contribution in [-0.4, -0.2) is 31.1 Å². The van der Waals surface area contributed by atoms with Crippen molar-refractivity contribution in [2.45, 2.75) is 19.4 Å². The van der Waals surface area contributed by atoms with E-state index in [1.807, 2.05) is 6.92 Å². The van der Waals surface area contributed by atoms with Gasteiger partial charge in [-0.3, -0.25) is 10.2 Å². The molecule has 1 amide bonds. The molecule has 4 nitrogen and oxygen atoms in total. The molecule has 0 aromatic heterocycles. The van der Waals surface area contributed by atoms with E-state index in [2.05, 4.69) is 5.43 Å². The van der Waals surface area contributed by atoms with Crippen LogP contribution >= 0.6 is 0 Å². The van der Waals surface area contributed by atoms with Crippen LogP contribution in [0.15, 0.2) is 0 Å². The molecule has 0 aliphatic rings. The van der Waals surface area contributed by atoms with Crippen LogP contribution in [0.25, 0.3) is 0 Å². The molecule has 0 spiro atoms. The molecule has 0 fully saturated rings. The summed E-state index contributed by atoms with van der Waals surface area (Å²) in [5.41, 5.74) is 7.99. The van der Waals surface area contributed by atoms with Crippen molar-refractivity contribution in [3.8, 4) is 0 Å². The van der Waals surface area contributed by atoms with E-state index in [-0.39, 0.29) is 11.9 Å². The van der Waals surface area contributed by atoms with Crippen molar-refractivity contribution < 1.29 is 4.79 Å². The van der Waals surface area contributed by atoms with Gasteiger partial charge in [0.1, 0.15) is 0 Å². The maximum Gasteiger partial charge on any atom is 0.251 e. The fraction of sp³-hybridized carbons (Fsp3) is 0.833. The normalized spacial score (nSPS) is 13.3. The molecule has 0 aromatic rings. The second-order valence-corrected chi connectivity index (χ2v) is 2.39. The fourth-order valence-corrected chi connectivity index (χ4v) is 0.489. The Hall–Kier alpha value is -0.610. The molecule has 0 unspecified atom stereocenters. The van der Waals surface area contributed by atoms with E-state index in [4.69, 9.17) is 5.73 Å². The highest BCUT2D eigenvalue weighted by Gasteiger charge is 2.09. The van der Waals surface area contributed by atoms with Crippen molar-refractivity contribution in [1.29, 1.82) is 0 Å². The SMILES string of the molecule is CC[C@@H](N)C(=O)NN(C)C. The third-order valence-corrected chi connectivity index (χ3v) is 1.11. The van der Waals surface area contributed by atoms with Crippen LogP contribution in [-0.2, 0) is 4.79 Å². The molecule has 1 atom stereocenters. The van der Waals surface area contributed by atoms with Crippen LogP contribution in [0.4, 0.5) is 0 Å². The van der Waals surface area contributed by atoms with E-state index in [1.54, 1.807) is 19.1 Å². The van der Waals surface area contributed by atoms with Gasteiger partial charge in [-0.05, 0) is 6.42 Å². The highest BCUT2D eigenvalue weighted by Crippen LogP contribution is 1.84. The van der Waals surface area contributed by atoms with Crippen LogP contribution in [0.3, 0.4) is 0 Å². The second-order valence-electron chi connectivity index (χ2n) is 2.39. The molecular weight excluding hydrogens is 130 g/mol. The van der Waals surface area contributed by atoms with Crippen molar-refractivity contribution in [2.24, 2.45) is 5.73 Å². The lowest BCUT2D eigenvalue weighted by Gasteiger charge is -2.14. The lowest BCUT2D eigenvalue weighted by molar-refractivity contribution is -0.126. The highest BCUT2D eigenvalue weighted by atomic mass is 16.2. The summed E-state index contributed by atoms with van der Waals surface area (Å²) in [6.07, 6.45) is 0.666. The number of nitrogens with one attached hydrogen (secondary N) is 1. The van der Waals surface area contributed by atoms with Gasteiger partial charge in [0.2, 0.25) is 0 Å². The lowest BCUT2D eigenvalue weighted by Crippen LogP contribution is -2.46. The highest BCUT2D eigenvalue weighted by molar-refractivity contribution is 5.80. The molecule has 0 rings (SSSR count). The van der Waals surface area contributed by atoms with E-state index in [9.17, 15) is 4.79 Å². The summed E-state index contributed by atoms with van der Waals surface area (Å²) in [6.45, 7) is 1.87. The minimum Gasteiger partial charge on any atom is -0.320 e. The zero-order chi connectivity index (χ0) is 8.15. The van der Waals surface area contributed by atoms with Crippen molar-refractivity contribution in [2.75, 3.05) is 14.1 Å². The number of hydrazine groups is 1. The third-order valence-electron chi connectivity index (χ3n) is 1.11. The van der Waals surface area contributed by atoms with Gasteiger partial charge in [0.25, 0.3) is 5.91 Å². The number of nitrogens with zero attached hydrogens (tertiary/aromatic N) is 1. The quantitative estimate of drug-likeness (QED) is 0.517. The molecule has 0 aliphatic carbocycles. The average Bonchev–Trinajstić information content (AvgIpc) is 1.85. The summed E-state index contributed by atoms with van der Waals surface area (Å²) < 4.78 is 0. The molecule has 3 N–H and O–H groups in total. The Balaban J connectivity index is 3.62. The third kappa shape index (κ3) is 3.42. The van der Waals surface area contributed by atoms with Crippen molar-refractivity contribution >= 4 is 5.91 Å². The molecule has 0 aliphatic heterocycles. The molecule has 0 heterocycles. The summed E-state index contributed by atoms with van der Waals surface area (Å²) >= 11 is 0. The molecule has 0 radical (unpaired) electrons. The van der Waals surface area contributed by atoms with Gasteiger partial charge in [-0.25, -0.2) is 5.01 Å². The van der Waals surface area contributed by atoms with E-state index in [0.29, 0.717) is 6.42 Å². The summed E-state index contributed by atoms with van der Waals surface area (Å²) in [4.78, 5) is 10.9. The Morgan fingerprint density at radius 2 is 2.20 bits per heavy atom. The smallest absolute Gasteiger partial charge is 0.251 e. The molecule has 60 valence electrons. The van der Waals surface area contributed by atoms with Gasteiger partial charge in [-0.1, -0.05) is 6.92 Å². The lowest BCUT2D eigenvalue weighted by atomic mass is 10.2. The summed E-state index contributed by atoms with van der Waals surface area (Å²) in [5.74, 6) is -0.132. The molecule has 0 bridgehead atoms. The summed E-state index contributed by atoms with van der Waals surface area (Å²) in [6, 6.07) is -0.387. The Labute approximate surface area is 61.3 Å². The Bertz CT molecular complexity index is 114. The second kappa shape index (κ2) is 4.24. The first kappa shape index (κ1) is 9.39. The Morgan fingerprint density at radius 3 is 2.50 bits per heavy atom. The van der Waals surface area contributed by atoms with Gasteiger partial charge in [0, 0.05) is 14.1 Å². The first-order valence-electron chi connectivity index (χ1n) is 3.31. The summed E-state index contributed by atoms with van der Waals surface area (Å²) in [5, 5.41) is 1.58. The fourth-order valence-electron chi connectivity index (χ4n) is 0.489. The number of carbonyl (C=O) groups excluding carboxylic acids is 1.